The van der Waals surface area contributed by atoms with Crippen molar-refractivity contribution >= 4 is 5.78 Å². The van der Waals surface area contributed by atoms with Crippen LogP contribution in [0.25, 0.3) is 0 Å². The molecule has 0 bridgehead atoms. The van der Waals surface area contributed by atoms with E-state index in [1.165, 1.54) is 19.3 Å². The molecule has 1 saturated heterocycles. The molecule has 0 aromatic heterocycles. The van der Waals surface area contributed by atoms with Gasteiger partial charge in [0, 0.05) is 6.42 Å². The number of ketones is 1. The van der Waals surface area contributed by atoms with E-state index in [2.05, 4.69) is 11.4 Å². The first-order valence-electron chi connectivity index (χ1n) is 7.41. The van der Waals surface area contributed by atoms with Crippen LogP contribution in [0.1, 0.15) is 51.4 Å². The zero-order chi connectivity index (χ0) is 12.6. The molecule has 0 amide bonds. The molecule has 0 aromatic rings. The SMILES string of the molecule is O=C(CCOC1CCNCC1)C1=CCCCCC1. The van der Waals surface area contributed by atoms with E-state index in [4.69, 9.17) is 4.74 Å². The Morgan fingerprint density at radius 1 is 1.28 bits per heavy atom. The molecular weight excluding hydrogens is 226 g/mol. The van der Waals surface area contributed by atoms with Crippen LogP contribution in [0.4, 0.5) is 0 Å². The number of piperidine rings is 1. The van der Waals surface area contributed by atoms with Crippen LogP contribution in [-0.2, 0) is 9.53 Å². The van der Waals surface area contributed by atoms with Gasteiger partial charge < -0.3 is 10.1 Å². The van der Waals surface area contributed by atoms with Crippen LogP contribution in [0.2, 0.25) is 0 Å². The Balaban J connectivity index is 1.65. The average Bonchev–Trinajstić information content (AvgIpc) is 2.69. The van der Waals surface area contributed by atoms with Gasteiger partial charge in [0.15, 0.2) is 5.78 Å². The summed E-state index contributed by atoms with van der Waals surface area (Å²) < 4.78 is 5.79. The molecule has 3 nitrogen and oxygen atoms in total. The molecule has 1 aliphatic heterocycles. The standard InChI is InChI=1S/C15H25NO2/c17-15(13-5-3-1-2-4-6-13)9-12-18-14-7-10-16-11-8-14/h5,14,16H,1-4,6-12H2. The van der Waals surface area contributed by atoms with Gasteiger partial charge in [0.1, 0.15) is 0 Å². The van der Waals surface area contributed by atoms with Gasteiger partial charge in [-0.15, -0.1) is 0 Å². The van der Waals surface area contributed by atoms with Crippen molar-refractivity contribution in [1.82, 2.24) is 5.32 Å². The predicted molar refractivity (Wildman–Crippen MR) is 72.6 cm³/mol. The fourth-order valence-electron chi connectivity index (χ4n) is 2.71. The molecule has 1 fully saturated rings. The molecule has 3 heteroatoms. The normalized spacial score (nSPS) is 22.3. The summed E-state index contributed by atoms with van der Waals surface area (Å²) in [6.07, 6.45) is 11.0. The lowest BCUT2D eigenvalue weighted by Gasteiger charge is -2.22. The van der Waals surface area contributed by atoms with Gasteiger partial charge in [-0.3, -0.25) is 4.79 Å². The first-order chi connectivity index (χ1) is 8.86. The number of rotatable bonds is 5. The molecule has 1 aliphatic carbocycles. The first kappa shape index (κ1) is 13.8. The molecule has 1 heterocycles. The zero-order valence-corrected chi connectivity index (χ0v) is 11.2. The highest BCUT2D eigenvalue weighted by atomic mass is 16.5. The van der Waals surface area contributed by atoms with Gasteiger partial charge in [0.2, 0.25) is 0 Å². The van der Waals surface area contributed by atoms with E-state index in [-0.39, 0.29) is 0 Å². The maximum absolute atomic E-state index is 12.0. The number of carbonyl (C=O) groups excluding carboxylic acids is 1. The minimum absolute atomic E-state index is 0.311. The Morgan fingerprint density at radius 3 is 2.94 bits per heavy atom. The largest absolute Gasteiger partial charge is 0.378 e. The number of carbonyl (C=O) groups is 1. The molecule has 2 aliphatic rings. The van der Waals surface area contributed by atoms with Gasteiger partial charge in [0.05, 0.1) is 12.7 Å². The summed E-state index contributed by atoms with van der Waals surface area (Å²) >= 11 is 0. The summed E-state index contributed by atoms with van der Waals surface area (Å²) in [4.78, 5) is 12.0. The second kappa shape index (κ2) is 7.70. The van der Waals surface area contributed by atoms with Gasteiger partial charge in [0.25, 0.3) is 0 Å². The average molecular weight is 251 g/mol. The Hall–Kier alpha value is -0.670. The Bertz CT molecular complexity index is 293. The lowest BCUT2D eigenvalue weighted by molar-refractivity contribution is -0.117. The smallest absolute Gasteiger partial charge is 0.160 e. The summed E-state index contributed by atoms with van der Waals surface area (Å²) in [5.74, 6) is 0.311. The van der Waals surface area contributed by atoms with Gasteiger partial charge >= 0.3 is 0 Å². The van der Waals surface area contributed by atoms with Crippen molar-refractivity contribution in [3.8, 4) is 0 Å². The summed E-state index contributed by atoms with van der Waals surface area (Å²) in [7, 11) is 0. The minimum Gasteiger partial charge on any atom is -0.378 e. The van der Waals surface area contributed by atoms with Crippen LogP contribution in [0, 0.1) is 0 Å². The van der Waals surface area contributed by atoms with Crippen molar-refractivity contribution in [3.63, 3.8) is 0 Å². The first-order valence-corrected chi connectivity index (χ1v) is 7.41. The third kappa shape index (κ3) is 4.54. The second-order valence-electron chi connectivity index (χ2n) is 5.32. The van der Waals surface area contributed by atoms with Crippen molar-refractivity contribution < 1.29 is 9.53 Å². The van der Waals surface area contributed by atoms with Gasteiger partial charge in [-0.05, 0) is 57.2 Å². The predicted octanol–water partition coefficient (Wildman–Crippen LogP) is 2.60. The minimum atomic E-state index is 0.311. The quantitative estimate of drug-likeness (QED) is 0.816. The number of nitrogens with one attached hydrogen (secondary N) is 1. The van der Waals surface area contributed by atoms with Crippen molar-refractivity contribution in [1.29, 1.82) is 0 Å². The molecular formula is C15H25NO2. The van der Waals surface area contributed by atoms with Crippen molar-refractivity contribution in [3.05, 3.63) is 11.6 Å². The second-order valence-corrected chi connectivity index (χ2v) is 5.32. The molecule has 2 rings (SSSR count). The fourth-order valence-corrected chi connectivity index (χ4v) is 2.71. The number of Topliss-reactive ketones (excluding diaryl/α,β-unsaturated/α-hetero) is 1. The highest BCUT2D eigenvalue weighted by Crippen LogP contribution is 2.19. The van der Waals surface area contributed by atoms with Crippen LogP contribution in [0.5, 0.6) is 0 Å². The van der Waals surface area contributed by atoms with Crippen LogP contribution in [-0.4, -0.2) is 31.6 Å². The molecule has 0 radical (unpaired) electrons. The van der Waals surface area contributed by atoms with Crippen LogP contribution in [0.3, 0.4) is 0 Å². The van der Waals surface area contributed by atoms with E-state index in [0.29, 0.717) is 24.9 Å². The molecule has 0 spiro atoms. The third-order valence-electron chi connectivity index (χ3n) is 3.87. The molecule has 0 aromatic carbocycles. The van der Waals surface area contributed by atoms with E-state index in [1.54, 1.807) is 0 Å². The zero-order valence-electron chi connectivity index (χ0n) is 11.2. The van der Waals surface area contributed by atoms with Gasteiger partial charge in [-0.2, -0.15) is 0 Å². The van der Waals surface area contributed by atoms with Crippen molar-refractivity contribution in [2.75, 3.05) is 19.7 Å². The Kier molecular flexibility index (Phi) is 5.88. The van der Waals surface area contributed by atoms with Crippen LogP contribution in [0.15, 0.2) is 11.6 Å². The summed E-state index contributed by atoms with van der Waals surface area (Å²) in [5, 5.41) is 3.32. The highest BCUT2D eigenvalue weighted by Gasteiger charge is 2.15. The van der Waals surface area contributed by atoms with Crippen molar-refractivity contribution in [2.24, 2.45) is 0 Å². The maximum atomic E-state index is 12.0. The van der Waals surface area contributed by atoms with Gasteiger partial charge in [-0.25, -0.2) is 0 Å². The summed E-state index contributed by atoms with van der Waals surface area (Å²) in [6.45, 7) is 2.69. The maximum Gasteiger partial charge on any atom is 0.160 e. The third-order valence-corrected chi connectivity index (χ3v) is 3.87. The number of hydrogen-bond donors (Lipinski definition) is 1. The van der Waals surface area contributed by atoms with E-state index in [1.807, 2.05) is 0 Å². The molecule has 0 unspecified atom stereocenters. The highest BCUT2D eigenvalue weighted by molar-refractivity contribution is 5.95. The van der Waals surface area contributed by atoms with Crippen molar-refractivity contribution in [2.45, 2.75) is 57.5 Å². The lowest BCUT2D eigenvalue weighted by Crippen LogP contribution is -2.32. The number of ether oxygens (including phenoxy) is 1. The van der Waals surface area contributed by atoms with Crippen LogP contribution >= 0.6 is 0 Å². The van der Waals surface area contributed by atoms with Crippen LogP contribution < -0.4 is 5.32 Å². The van der Waals surface area contributed by atoms with E-state index in [0.717, 1.165) is 44.3 Å². The molecule has 18 heavy (non-hydrogen) atoms. The van der Waals surface area contributed by atoms with Gasteiger partial charge in [-0.1, -0.05) is 12.5 Å². The Morgan fingerprint density at radius 2 is 2.11 bits per heavy atom. The lowest BCUT2D eigenvalue weighted by atomic mass is 10.0. The van der Waals surface area contributed by atoms with E-state index in [9.17, 15) is 4.79 Å². The molecule has 0 atom stereocenters. The Labute approximate surface area is 110 Å². The monoisotopic (exact) mass is 251 g/mol. The molecule has 1 N–H and O–H groups in total. The van der Waals surface area contributed by atoms with E-state index < -0.39 is 0 Å². The molecule has 0 saturated carbocycles. The number of hydrogen-bond acceptors (Lipinski definition) is 3. The fraction of sp³-hybridized carbons (Fsp3) is 0.800. The summed E-state index contributed by atoms with van der Waals surface area (Å²) in [5.41, 5.74) is 1.06. The topological polar surface area (TPSA) is 38.3 Å². The summed E-state index contributed by atoms with van der Waals surface area (Å²) in [6, 6.07) is 0. The van der Waals surface area contributed by atoms with E-state index >= 15 is 0 Å². The molecule has 102 valence electrons. The number of allylic oxidation sites excluding steroid dienone is 2.